The normalized spacial score (nSPS) is 13.2. The molecule has 0 saturated carbocycles. The SMILES string of the molecule is CNS(=O)(=O)c1ccc2c(c1)N(C(=O)c1ccccc1NC(=O)c1cccs1)CC2. The predicted molar refractivity (Wildman–Crippen MR) is 117 cm³/mol. The maximum absolute atomic E-state index is 13.3. The molecule has 0 fully saturated rings. The number of para-hydroxylation sites is 1. The molecule has 30 heavy (non-hydrogen) atoms. The molecule has 0 aliphatic carbocycles. The molecule has 1 aromatic heterocycles. The number of nitrogens with one attached hydrogen (secondary N) is 2. The van der Waals surface area contributed by atoms with Crippen molar-refractivity contribution in [2.45, 2.75) is 11.3 Å². The standard InChI is InChI=1S/C21H19N3O4S2/c1-22-30(27,28)15-9-8-14-10-11-24(18(14)13-15)21(26)16-5-2-3-6-17(16)23-20(25)19-7-4-12-29-19/h2-9,12-13,22H,10-11H2,1H3,(H,23,25). The van der Waals surface area contributed by atoms with Crippen LogP contribution in [-0.4, -0.2) is 33.8 Å². The minimum absolute atomic E-state index is 0.0998. The van der Waals surface area contributed by atoms with Crippen LogP contribution in [0.15, 0.2) is 64.9 Å². The quantitative estimate of drug-likeness (QED) is 0.636. The highest BCUT2D eigenvalue weighted by Crippen LogP contribution is 2.33. The van der Waals surface area contributed by atoms with Crippen molar-refractivity contribution < 1.29 is 18.0 Å². The fraction of sp³-hybridized carbons (Fsp3) is 0.143. The van der Waals surface area contributed by atoms with Gasteiger partial charge in [-0.05, 0) is 54.7 Å². The first kappa shape index (κ1) is 20.3. The molecule has 7 nitrogen and oxygen atoms in total. The van der Waals surface area contributed by atoms with Gasteiger partial charge in [-0.25, -0.2) is 13.1 Å². The summed E-state index contributed by atoms with van der Waals surface area (Å²) in [4.78, 5) is 28.0. The van der Waals surface area contributed by atoms with Crippen LogP contribution in [0.25, 0.3) is 0 Å². The first-order valence-corrected chi connectivity index (χ1v) is 11.6. The third-order valence-corrected chi connectivity index (χ3v) is 7.21. The van der Waals surface area contributed by atoms with E-state index < -0.39 is 10.0 Å². The zero-order valence-corrected chi connectivity index (χ0v) is 17.7. The largest absolute Gasteiger partial charge is 0.321 e. The fourth-order valence-electron chi connectivity index (χ4n) is 3.37. The Morgan fingerprint density at radius 3 is 2.60 bits per heavy atom. The molecule has 9 heteroatoms. The lowest BCUT2D eigenvalue weighted by Gasteiger charge is -2.20. The van der Waals surface area contributed by atoms with Crippen LogP contribution in [0.5, 0.6) is 0 Å². The molecule has 0 bridgehead atoms. The number of benzene rings is 2. The van der Waals surface area contributed by atoms with Crippen LogP contribution in [0.3, 0.4) is 0 Å². The second-order valence-corrected chi connectivity index (χ2v) is 9.52. The van der Waals surface area contributed by atoms with Gasteiger partial charge in [0.2, 0.25) is 10.0 Å². The number of carbonyl (C=O) groups excluding carboxylic acids is 2. The molecule has 0 atom stereocenters. The Hall–Kier alpha value is -3.01. The van der Waals surface area contributed by atoms with Crippen LogP contribution in [0.2, 0.25) is 0 Å². The Morgan fingerprint density at radius 1 is 1.07 bits per heavy atom. The summed E-state index contributed by atoms with van der Waals surface area (Å²) in [6.07, 6.45) is 0.630. The van der Waals surface area contributed by atoms with E-state index in [0.29, 0.717) is 34.8 Å². The number of hydrogen-bond donors (Lipinski definition) is 2. The summed E-state index contributed by atoms with van der Waals surface area (Å²) in [6.45, 7) is 0.435. The van der Waals surface area contributed by atoms with Crippen molar-refractivity contribution in [3.8, 4) is 0 Å². The highest BCUT2D eigenvalue weighted by molar-refractivity contribution is 7.89. The first-order valence-electron chi connectivity index (χ1n) is 9.23. The predicted octanol–water partition coefficient (Wildman–Crippen LogP) is 3.11. The number of anilines is 2. The monoisotopic (exact) mass is 441 g/mol. The molecule has 2 amide bonds. The Bertz CT molecular complexity index is 1220. The summed E-state index contributed by atoms with van der Waals surface area (Å²) in [6, 6.07) is 15.1. The highest BCUT2D eigenvalue weighted by atomic mass is 32.2. The van der Waals surface area contributed by atoms with E-state index >= 15 is 0 Å². The van der Waals surface area contributed by atoms with E-state index in [2.05, 4.69) is 10.0 Å². The molecule has 1 aliphatic heterocycles. The molecule has 1 aliphatic rings. The van der Waals surface area contributed by atoms with Gasteiger partial charge in [0.1, 0.15) is 0 Å². The van der Waals surface area contributed by atoms with Gasteiger partial charge in [0.15, 0.2) is 0 Å². The van der Waals surface area contributed by atoms with E-state index in [4.69, 9.17) is 0 Å². The van der Waals surface area contributed by atoms with Crippen molar-refractivity contribution in [1.29, 1.82) is 0 Å². The average molecular weight is 442 g/mol. The van der Waals surface area contributed by atoms with Crippen molar-refractivity contribution in [2.75, 3.05) is 23.8 Å². The Morgan fingerprint density at radius 2 is 1.87 bits per heavy atom. The highest BCUT2D eigenvalue weighted by Gasteiger charge is 2.29. The first-order chi connectivity index (χ1) is 14.4. The van der Waals surface area contributed by atoms with Gasteiger partial charge in [0, 0.05) is 12.2 Å². The topological polar surface area (TPSA) is 95.6 Å². The van der Waals surface area contributed by atoms with E-state index in [1.54, 1.807) is 47.4 Å². The third-order valence-electron chi connectivity index (χ3n) is 4.93. The van der Waals surface area contributed by atoms with Crippen molar-refractivity contribution in [2.24, 2.45) is 0 Å². The molecular weight excluding hydrogens is 422 g/mol. The number of rotatable bonds is 5. The second-order valence-electron chi connectivity index (χ2n) is 6.68. The Balaban J connectivity index is 1.66. The van der Waals surface area contributed by atoms with Gasteiger partial charge in [-0.15, -0.1) is 11.3 Å². The molecule has 0 unspecified atom stereocenters. The van der Waals surface area contributed by atoms with Gasteiger partial charge in [-0.2, -0.15) is 0 Å². The molecule has 4 rings (SSSR count). The van der Waals surface area contributed by atoms with Crippen LogP contribution < -0.4 is 14.9 Å². The van der Waals surface area contributed by atoms with Gasteiger partial charge < -0.3 is 10.2 Å². The second kappa shape index (κ2) is 8.02. The number of hydrogen-bond acceptors (Lipinski definition) is 5. The third kappa shape index (κ3) is 3.74. The number of nitrogens with zero attached hydrogens (tertiary/aromatic N) is 1. The molecule has 154 valence electrons. The maximum Gasteiger partial charge on any atom is 0.265 e. The van der Waals surface area contributed by atoms with E-state index in [-0.39, 0.29) is 16.7 Å². The lowest BCUT2D eigenvalue weighted by Crippen LogP contribution is -2.30. The smallest absolute Gasteiger partial charge is 0.265 e. The zero-order chi connectivity index (χ0) is 21.3. The van der Waals surface area contributed by atoms with Crippen molar-refractivity contribution in [1.82, 2.24) is 4.72 Å². The summed E-state index contributed by atoms with van der Waals surface area (Å²) in [5.41, 5.74) is 2.22. The van der Waals surface area contributed by atoms with Crippen molar-refractivity contribution >= 4 is 44.5 Å². The van der Waals surface area contributed by atoms with Crippen molar-refractivity contribution in [3.63, 3.8) is 0 Å². The molecular formula is C21H19N3O4S2. The summed E-state index contributed by atoms with van der Waals surface area (Å²) in [5.74, 6) is -0.579. The number of sulfonamides is 1. The van der Waals surface area contributed by atoms with E-state index in [1.165, 1.54) is 30.5 Å². The number of carbonyl (C=O) groups is 2. The Labute approximate surface area is 178 Å². The lowest BCUT2D eigenvalue weighted by atomic mass is 10.1. The van der Waals surface area contributed by atoms with Gasteiger partial charge in [-0.1, -0.05) is 24.3 Å². The minimum Gasteiger partial charge on any atom is -0.321 e. The molecule has 0 saturated heterocycles. The van der Waals surface area contributed by atoms with Crippen LogP contribution in [-0.2, 0) is 16.4 Å². The van der Waals surface area contributed by atoms with Gasteiger partial charge in [-0.3, -0.25) is 9.59 Å². The minimum atomic E-state index is -3.63. The molecule has 0 radical (unpaired) electrons. The molecule has 2 aromatic carbocycles. The van der Waals surface area contributed by atoms with Crippen LogP contribution in [0, 0.1) is 0 Å². The molecule has 0 spiro atoms. The number of fused-ring (bicyclic) bond motifs is 1. The van der Waals surface area contributed by atoms with Gasteiger partial charge in [0.05, 0.1) is 21.0 Å². The lowest BCUT2D eigenvalue weighted by molar-refractivity contribution is 0.0990. The van der Waals surface area contributed by atoms with E-state index in [0.717, 1.165) is 5.56 Å². The maximum atomic E-state index is 13.3. The zero-order valence-electron chi connectivity index (χ0n) is 16.1. The number of amides is 2. The van der Waals surface area contributed by atoms with Gasteiger partial charge in [0.25, 0.3) is 11.8 Å². The number of thiophene rings is 1. The van der Waals surface area contributed by atoms with Crippen molar-refractivity contribution in [3.05, 3.63) is 76.0 Å². The molecule has 2 heterocycles. The van der Waals surface area contributed by atoms with Crippen LogP contribution in [0.1, 0.15) is 25.6 Å². The van der Waals surface area contributed by atoms with Crippen LogP contribution >= 0.6 is 11.3 Å². The summed E-state index contributed by atoms with van der Waals surface area (Å²) < 4.78 is 26.6. The van der Waals surface area contributed by atoms with E-state index in [1.807, 2.05) is 5.38 Å². The fourth-order valence-corrected chi connectivity index (χ4v) is 4.74. The van der Waals surface area contributed by atoms with Gasteiger partial charge >= 0.3 is 0 Å². The molecule has 2 N–H and O–H groups in total. The van der Waals surface area contributed by atoms with Crippen LogP contribution in [0.4, 0.5) is 11.4 Å². The van der Waals surface area contributed by atoms with E-state index in [9.17, 15) is 18.0 Å². The Kier molecular flexibility index (Phi) is 5.42. The average Bonchev–Trinajstić information content (AvgIpc) is 3.43. The summed E-state index contributed by atoms with van der Waals surface area (Å²) in [5, 5.41) is 4.61. The summed E-state index contributed by atoms with van der Waals surface area (Å²) >= 11 is 1.32. The summed E-state index contributed by atoms with van der Waals surface area (Å²) in [7, 11) is -2.28. The molecule has 3 aromatic rings.